The van der Waals surface area contributed by atoms with E-state index in [1.165, 1.54) is 32.2 Å². The highest BCUT2D eigenvalue weighted by molar-refractivity contribution is 5.88. The minimum absolute atomic E-state index is 0.0441. The highest BCUT2D eigenvalue weighted by atomic mass is 16.7. The Morgan fingerprint density at radius 2 is 1.63 bits per heavy atom. The Morgan fingerprint density at radius 3 is 2.30 bits per heavy atom. The fourth-order valence-electron chi connectivity index (χ4n) is 4.57. The van der Waals surface area contributed by atoms with Crippen molar-refractivity contribution in [2.75, 3.05) is 7.11 Å². The van der Waals surface area contributed by atoms with E-state index < -0.39 is 53.6 Å². The predicted octanol–water partition coefficient (Wildman–Crippen LogP) is 3.06. The van der Waals surface area contributed by atoms with E-state index in [0.717, 1.165) is 18.2 Å². The summed E-state index contributed by atoms with van der Waals surface area (Å²) in [6, 6.07) is 14.5. The maximum absolute atomic E-state index is 13.7. The molecule has 1 aliphatic heterocycles. The van der Waals surface area contributed by atoms with E-state index in [-0.39, 0.29) is 28.2 Å². The third kappa shape index (κ3) is 6.11. The molecule has 0 radical (unpaired) electrons. The van der Waals surface area contributed by atoms with Crippen molar-refractivity contribution in [3.8, 4) is 40.1 Å². The van der Waals surface area contributed by atoms with Crippen molar-refractivity contribution in [1.82, 2.24) is 0 Å². The third-order valence-corrected chi connectivity index (χ3v) is 6.85. The molecule has 5 atom stereocenters. The van der Waals surface area contributed by atoms with Gasteiger partial charge in [0.05, 0.1) is 13.2 Å². The first-order valence-corrected chi connectivity index (χ1v) is 13.1. The van der Waals surface area contributed by atoms with Gasteiger partial charge in [0.2, 0.25) is 17.5 Å². The van der Waals surface area contributed by atoms with Gasteiger partial charge in [-0.2, -0.15) is 0 Å². The Kier molecular flexibility index (Phi) is 8.26. The van der Waals surface area contributed by atoms with E-state index >= 15 is 0 Å². The molecule has 1 aromatic heterocycles. The zero-order valence-corrected chi connectivity index (χ0v) is 22.9. The molecule has 1 saturated heterocycles. The van der Waals surface area contributed by atoms with Gasteiger partial charge in [0.1, 0.15) is 46.2 Å². The fourth-order valence-corrected chi connectivity index (χ4v) is 4.57. The predicted molar refractivity (Wildman–Crippen MR) is 152 cm³/mol. The molecule has 0 aliphatic carbocycles. The summed E-state index contributed by atoms with van der Waals surface area (Å²) in [5.74, 6) is -1.88. The Morgan fingerprint density at radius 1 is 0.930 bits per heavy atom. The van der Waals surface area contributed by atoms with Crippen LogP contribution in [0.25, 0.3) is 28.4 Å². The summed E-state index contributed by atoms with van der Waals surface area (Å²) in [6.45, 7) is 1.45. The van der Waals surface area contributed by atoms with Gasteiger partial charge in [0.25, 0.3) is 0 Å². The molecule has 1 aliphatic rings. The minimum Gasteiger partial charge on any atom is -0.508 e. The molecule has 1 fully saturated rings. The number of phenolic OH excluding ortho intramolecular Hbond substituents is 3. The van der Waals surface area contributed by atoms with Crippen LogP contribution in [0.4, 0.5) is 0 Å². The van der Waals surface area contributed by atoms with Crippen LogP contribution in [0.2, 0.25) is 0 Å². The smallest absolute Gasteiger partial charge is 0.331 e. The average Bonchev–Trinajstić information content (AvgIpc) is 2.98. The number of ether oxygens (including phenoxy) is 4. The van der Waals surface area contributed by atoms with Gasteiger partial charge >= 0.3 is 5.97 Å². The zero-order valence-electron chi connectivity index (χ0n) is 22.9. The van der Waals surface area contributed by atoms with Crippen LogP contribution in [-0.4, -0.2) is 69.3 Å². The number of rotatable bonds is 7. The summed E-state index contributed by atoms with van der Waals surface area (Å²) in [5, 5.41) is 50.9. The number of fused-ring (bicyclic) bond motifs is 1. The molecule has 2 heterocycles. The van der Waals surface area contributed by atoms with E-state index in [4.69, 9.17) is 23.4 Å². The van der Waals surface area contributed by atoms with Gasteiger partial charge in [-0.15, -0.1) is 0 Å². The standard InChI is InChI=1S/C31H28O12/c1-15-25(36)27(38)30(42-23(35)12-5-16-3-8-18(32)9-4-16)31(40-15)43-29-26(37)24-21(34)13-19(33)14-22(24)41-28(29)17-6-10-20(39-2)11-7-17/h3-15,25,27,30-34,36,38H,1-2H3/b12-5+/t15-,25-,27+,30+,31-/m0/s1. The van der Waals surface area contributed by atoms with Crippen LogP contribution >= 0.6 is 0 Å². The van der Waals surface area contributed by atoms with Crippen molar-refractivity contribution >= 4 is 23.0 Å². The molecule has 3 aromatic carbocycles. The molecule has 0 bridgehead atoms. The van der Waals surface area contributed by atoms with E-state index in [0.29, 0.717) is 16.9 Å². The van der Waals surface area contributed by atoms with E-state index in [1.807, 2.05) is 0 Å². The number of aliphatic hydroxyl groups excluding tert-OH is 2. The maximum Gasteiger partial charge on any atom is 0.331 e. The average molecular weight is 593 g/mol. The molecular formula is C31H28O12. The molecule has 12 nitrogen and oxygen atoms in total. The highest BCUT2D eigenvalue weighted by Crippen LogP contribution is 2.37. The Labute approximate surface area is 244 Å². The number of hydrogen-bond acceptors (Lipinski definition) is 12. The SMILES string of the molecule is COc1ccc(-c2oc3cc(O)cc(O)c3c(=O)c2O[C@@H]2O[C@@H](C)[C@H](O)[C@@H](O)[C@H]2OC(=O)/C=C/c2ccc(O)cc2)cc1. The second-order valence-corrected chi connectivity index (χ2v) is 9.79. The first kappa shape index (κ1) is 29.5. The topological polar surface area (TPSA) is 185 Å². The number of benzene rings is 3. The Hall–Kier alpha value is -5.04. The second kappa shape index (κ2) is 12.1. The normalized spacial score (nSPS) is 22.0. The molecular weight excluding hydrogens is 564 g/mol. The largest absolute Gasteiger partial charge is 0.508 e. The number of carbonyl (C=O) groups is 1. The Balaban J connectivity index is 1.54. The van der Waals surface area contributed by atoms with Gasteiger partial charge < -0.3 is 48.9 Å². The number of aliphatic hydroxyl groups is 2. The molecule has 0 amide bonds. The molecule has 0 spiro atoms. The summed E-state index contributed by atoms with van der Waals surface area (Å²) in [5.41, 5.74) is -0.0806. The lowest BCUT2D eigenvalue weighted by atomic mass is 9.99. The molecule has 0 unspecified atom stereocenters. The van der Waals surface area contributed by atoms with Gasteiger partial charge in [-0.25, -0.2) is 4.79 Å². The van der Waals surface area contributed by atoms with Crippen LogP contribution in [0.5, 0.6) is 28.7 Å². The van der Waals surface area contributed by atoms with Gasteiger partial charge in [-0.1, -0.05) is 12.1 Å². The van der Waals surface area contributed by atoms with Gasteiger partial charge in [-0.05, 0) is 55.0 Å². The summed E-state index contributed by atoms with van der Waals surface area (Å²) >= 11 is 0. The Bertz CT molecular complexity index is 1710. The fraction of sp³-hybridized carbons (Fsp3) is 0.226. The molecule has 0 saturated carbocycles. The van der Waals surface area contributed by atoms with Crippen LogP contribution in [0.3, 0.4) is 0 Å². The quantitative estimate of drug-likeness (QED) is 0.156. The van der Waals surface area contributed by atoms with Crippen molar-refractivity contribution in [2.45, 2.75) is 37.6 Å². The molecule has 5 rings (SSSR count). The van der Waals surface area contributed by atoms with Crippen molar-refractivity contribution in [1.29, 1.82) is 0 Å². The summed E-state index contributed by atoms with van der Waals surface area (Å²) in [6.07, 6.45) is -4.92. The van der Waals surface area contributed by atoms with Crippen LogP contribution in [0.15, 0.2) is 76.0 Å². The molecule has 5 N–H and O–H groups in total. The first-order chi connectivity index (χ1) is 20.5. The number of carbonyl (C=O) groups excluding carboxylic acids is 1. The van der Waals surface area contributed by atoms with E-state index in [9.17, 15) is 35.1 Å². The third-order valence-electron chi connectivity index (χ3n) is 6.85. The van der Waals surface area contributed by atoms with Crippen molar-refractivity contribution in [2.24, 2.45) is 0 Å². The monoisotopic (exact) mass is 592 g/mol. The summed E-state index contributed by atoms with van der Waals surface area (Å²) in [4.78, 5) is 26.5. The lowest BCUT2D eigenvalue weighted by Gasteiger charge is -2.40. The maximum atomic E-state index is 13.7. The number of phenols is 3. The van der Waals surface area contributed by atoms with Crippen LogP contribution in [0.1, 0.15) is 12.5 Å². The number of methoxy groups -OCH3 is 1. The number of hydrogen-bond donors (Lipinski definition) is 5. The van der Waals surface area contributed by atoms with Crippen LogP contribution in [0, 0.1) is 0 Å². The molecule has 224 valence electrons. The van der Waals surface area contributed by atoms with Crippen LogP contribution < -0.4 is 14.9 Å². The summed E-state index contributed by atoms with van der Waals surface area (Å²) in [7, 11) is 1.48. The summed E-state index contributed by atoms with van der Waals surface area (Å²) < 4.78 is 28.3. The number of aromatic hydroxyl groups is 3. The van der Waals surface area contributed by atoms with Gasteiger partial charge in [0, 0.05) is 23.8 Å². The molecule has 43 heavy (non-hydrogen) atoms. The first-order valence-electron chi connectivity index (χ1n) is 13.1. The highest BCUT2D eigenvalue weighted by Gasteiger charge is 2.47. The lowest BCUT2D eigenvalue weighted by Crippen LogP contribution is -2.59. The second-order valence-electron chi connectivity index (χ2n) is 9.79. The van der Waals surface area contributed by atoms with Crippen molar-refractivity contribution in [3.05, 3.63) is 82.5 Å². The van der Waals surface area contributed by atoms with Gasteiger partial charge in [0.15, 0.2) is 11.9 Å². The minimum atomic E-state index is -1.68. The number of esters is 1. The molecule has 4 aromatic rings. The zero-order chi connectivity index (χ0) is 30.8. The van der Waals surface area contributed by atoms with Crippen LogP contribution in [-0.2, 0) is 14.3 Å². The van der Waals surface area contributed by atoms with Gasteiger partial charge in [-0.3, -0.25) is 4.79 Å². The van der Waals surface area contributed by atoms with Crippen molar-refractivity contribution in [3.63, 3.8) is 0 Å². The van der Waals surface area contributed by atoms with E-state index in [2.05, 4.69) is 0 Å². The van der Waals surface area contributed by atoms with E-state index in [1.54, 1.807) is 36.4 Å². The lowest BCUT2D eigenvalue weighted by molar-refractivity contribution is -0.272. The molecule has 12 heteroatoms. The van der Waals surface area contributed by atoms with Crippen molar-refractivity contribution < 1.29 is 53.7 Å².